The molecule has 224 valence electrons. The third-order valence-electron chi connectivity index (χ3n) is 9.46. The summed E-state index contributed by atoms with van der Waals surface area (Å²) >= 11 is 0. The van der Waals surface area contributed by atoms with E-state index in [1.807, 2.05) is 0 Å². The fourth-order valence-corrected chi connectivity index (χ4v) is 7.03. The average molecular weight is 594 g/mol. The molecule has 0 spiro atoms. The van der Waals surface area contributed by atoms with Crippen molar-refractivity contribution in [3.8, 4) is 22.3 Å². The van der Waals surface area contributed by atoms with Gasteiger partial charge in [0.1, 0.15) is 0 Å². The van der Waals surface area contributed by atoms with Crippen LogP contribution in [0.3, 0.4) is 0 Å². The van der Waals surface area contributed by atoms with E-state index in [0.29, 0.717) is 0 Å². The van der Waals surface area contributed by atoms with E-state index in [9.17, 15) is 0 Å². The Hall–Kier alpha value is -5.40. The van der Waals surface area contributed by atoms with Gasteiger partial charge in [-0.05, 0) is 106 Å². The van der Waals surface area contributed by atoms with Gasteiger partial charge in [0.25, 0.3) is 0 Å². The quantitative estimate of drug-likeness (QED) is 0.178. The second kappa shape index (κ2) is 12.2. The fourth-order valence-electron chi connectivity index (χ4n) is 7.03. The summed E-state index contributed by atoms with van der Waals surface area (Å²) in [5, 5.41) is 0. The summed E-state index contributed by atoms with van der Waals surface area (Å²) < 4.78 is 0. The van der Waals surface area contributed by atoms with Crippen LogP contribution in [0, 0.1) is 0 Å². The normalized spacial score (nSPS) is 13.9. The average Bonchev–Trinajstić information content (AvgIpc) is 3.30. The number of hydrogen-bond acceptors (Lipinski definition) is 1. The minimum Gasteiger partial charge on any atom is -0.310 e. The van der Waals surface area contributed by atoms with Crippen molar-refractivity contribution < 1.29 is 0 Å². The lowest BCUT2D eigenvalue weighted by Crippen LogP contribution is -2.16. The lowest BCUT2D eigenvalue weighted by atomic mass is 9.80. The molecule has 7 rings (SSSR count). The van der Waals surface area contributed by atoms with Crippen LogP contribution >= 0.6 is 0 Å². The lowest BCUT2D eigenvalue weighted by molar-refractivity contribution is 0.654. The summed E-state index contributed by atoms with van der Waals surface area (Å²) in [6.07, 6.45) is 2.42. The molecule has 1 heteroatoms. The van der Waals surface area contributed by atoms with E-state index >= 15 is 0 Å². The van der Waals surface area contributed by atoms with Gasteiger partial charge >= 0.3 is 0 Å². The highest BCUT2D eigenvalue weighted by Crippen LogP contribution is 2.48. The molecule has 46 heavy (non-hydrogen) atoms. The topological polar surface area (TPSA) is 3.24 Å². The van der Waals surface area contributed by atoms with Crippen molar-refractivity contribution in [2.45, 2.75) is 33.1 Å². The van der Waals surface area contributed by atoms with E-state index in [4.69, 9.17) is 0 Å². The number of allylic oxidation sites excluding steroid dienone is 4. The highest BCUT2D eigenvalue weighted by molar-refractivity contribution is 5.90. The first-order chi connectivity index (χ1) is 22.4. The van der Waals surface area contributed by atoms with E-state index in [1.54, 1.807) is 0 Å². The molecule has 1 aliphatic rings. The van der Waals surface area contributed by atoms with Crippen molar-refractivity contribution in [1.82, 2.24) is 0 Å². The maximum atomic E-state index is 2.42. The van der Waals surface area contributed by atoms with Gasteiger partial charge in [0, 0.05) is 22.5 Å². The third-order valence-corrected chi connectivity index (χ3v) is 9.46. The second-order valence-corrected chi connectivity index (χ2v) is 12.7. The molecule has 0 atom stereocenters. The monoisotopic (exact) mass is 593 g/mol. The van der Waals surface area contributed by atoms with Crippen LogP contribution in [0.15, 0.2) is 169 Å². The van der Waals surface area contributed by atoms with Crippen molar-refractivity contribution in [1.29, 1.82) is 0 Å². The van der Waals surface area contributed by atoms with Crippen molar-refractivity contribution in [3.05, 3.63) is 186 Å². The number of nitrogens with zero attached hydrogens (tertiary/aromatic N) is 1. The fraction of sp³-hybridized carbons (Fsp3) is 0.111. The van der Waals surface area contributed by atoms with Gasteiger partial charge in [-0.15, -0.1) is 0 Å². The number of fused-ring (bicyclic) bond motifs is 1. The Labute approximate surface area is 273 Å². The predicted octanol–water partition coefficient (Wildman–Crippen LogP) is 12.7. The molecule has 0 bridgehead atoms. The molecule has 0 N–H and O–H groups in total. The van der Waals surface area contributed by atoms with Gasteiger partial charge in [0.2, 0.25) is 0 Å². The van der Waals surface area contributed by atoms with Crippen molar-refractivity contribution in [3.63, 3.8) is 0 Å². The molecule has 0 saturated heterocycles. The zero-order chi connectivity index (χ0) is 31.7. The first-order valence-corrected chi connectivity index (χ1v) is 16.1. The molecule has 0 amide bonds. The number of para-hydroxylation sites is 1. The summed E-state index contributed by atoms with van der Waals surface area (Å²) in [5.41, 5.74) is 16.2. The van der Waals surface area contributed by atoms with E-state index in [-0.39, 0.29) is 5.41 Å². The van der Waals surface area contributed by atoms with Gasteiger partial charge in [-0.25, -0.2) is 0 Å². The molecule has 0 heterocycles. The molecule has 6 aromatic rings. The van der Waals surface area contributed by atoms with E-state index in [0.717, 1.165) is 17.1 Å². The van der Waals surface area contributed by atoms with Crippen LogP contribution in [0.25, 0.3) is 33.4 Å². The summed E-state index contributed by atoms with van der Waals surface area (Å²) in [5.74, 6) is 0. The number of rotatable bonds is 7. The molecular weight excluding hydrogens is 555 g/mol. The second-order valence-electron chi connectivity index (χ2n) is 12.7. The molecule has 0 aromatic heterocycles. The first kappa shape index (κ1) is 29.3. The van der Waals surface area contributed by atoms with Gasteiger partial charge in [0.15, 0.2) is 0 Å². The minimum atomic E-state index is -0.0508. The molecule has 0 fully saturated rings. The van der Waals surface area contributed by atoms with E-state index in [2.05, 4.69) is 196 Å². The van der Waals surface area contributed by atoms with Crippen LogP contribution in [0.4, 0.5) is 17.1 Å². The van der Waals surface area contributed by atoms with Gasteiger partial charge in [-0.3, -0.25) is 0 Å². The molecule has 6 aromatic carbocycles. The third kappa shape index (κ3) is 5.39. The van der Waals surface area contributed by atoms with Crippen molar-refractivity contribution in [2.75, 3.05) is 4.90 Å². The van der Waals surface area contributed by atoms with Gasteiger partial charge < -0.3 is 4.90 Å². The van der Waals surface area contributed by atoms with Crippen LogP contribution in [0.1, 0.15) is 44.4 Å². The molecular formula is C45H39N. The molecule has 0 aliphatic heterocycles. The molecule has 1 nitrogen and oxygen atoms in total. The number of hydrogen-bond donors (Lipinski definition) is 0. The van der Waals surface area contributed by atoms with Crippen molar-refractivity contribution in [2.24, 2.45) is 0 Å². The first-order valence-electron chi connectivity index (χ1n) is 16.1. The minimum absolute atomic E-state index is 0.0508. The van der Waals surface area contributed by atoms with Crippen LogP contribution < -0.4 is 4.90 Å². The SMILES string of the molecule is CC1=C(/C=C(\C)c2ccc(N(c3ccccc3)c3ccc(-c4ccccc4)cc3)cc2-c2ccccc2)C(C)(C)c2ccccc21. The Morgan fingerprint density at radius 3 is 1.70 bits per heavy atom. The maximum absolute atomic E-state index is 2.42. The Morgan fingerprint density at radius 1 is 0.522 bits per heavy atom. The molecule has 0 radical (unpaired) electrons. The van der Waals surface area contributed by atoms with Gasteiger partial charge in [-0.1, -0.05) is 141 Å². The number of anilines is 3. The Balaban J connectivity index is 1.35. The summed E-state index contributed by atoms with van der Waals surface area (Å²) in [6.45, 7) is 9.24. The molecule has 0 unspecified atom stereocenters. The van der Waals surface area contributed by atoms with E-state index < -0.39 is 0 Å². The largest absolute Gasteiger partial charge is 0.310 e. The van der Waals surface area contributed by atoms with Crippen molar-refractivity contribution >= 4 is 28.2 Å². The lowest BCUT2D eigenvalue weighted by Gasteiger charge is -2.27. The van der Waals surface area contributed by atoms with Crippen LogP contribution in [-0.2, 0) is 5.41 Å². The maximum Gasteiger partial charge on any atom is 0.0468 e. The van der Waals surface area contributed by atoms with Crippen LogP contribution in [0.5, 0.6) is 0 Å². The van der Waals surface area contributed by atoms with Crippen LogP contribution in [0.2, 0.25) is 0 Å². The van der Waals surface area contributed by atoms with Gasteiger partial charge in [0.05, 0.1) is 0 Å². The van der Waals surface area contributed by atoms with Crippen LogP contribution in [-0.4, -0.2) is 0 Å². The molecule has 1 aliphatic carbocycles. The summed E-state index contributed by atoms with van der Waals surface area (Å²) in [4.78, 5) is 2.35. The summed E-state index contributed by atoms with van der Waals surface area (Å²) in [7, 11) is 0. The van der Waals surface area contributed by atoms with Gasteiger partial charge in [-0.2, -0.15) is 0 Å². The standard InChI is InChI=1S/C45H39N/c1-32(30-44-33(2)41-22-14-15-23-43(41)45(44,3)4)40-29-28-39(31-42(40)36-18-10-6-11-19-36)46(37-20-12-7-13-21-37)38-26-24-35(25-27-38)34-16-8-5-9-17-34/h5-31H,1-4H3/b32-30+. The molecule has 0 saturated carbocycles. The smallest absolute Gasteiger partial charge is 0.0468 e. The Morgan fingerprint density at radius 2 is 1.04 bits per heavy atom. The Kier molecular flexibility index (Phi) is 7.76. The predicted molar refractivity (Wildman–Crippen MR) is 198 cm³/mol. The highest BCUT2D eigenvalue weighted by atomic mass is 15.1. The number of benzene rings is 6. The zero-order valence-corrected chi connectivity index (χ0v) is 27.0. The highest BCUT2D eigenvalue weighted by Gasteiger charge is 2.34. The Bertz CT molecular complexity index is 2050. The van der Waals surface area contributed by atoms with E-state index in [1.165, 1.54) is 55.7 Å². The zero-order valence-electron chi connectivity index (χ0n) is 27.0. The summed E-state index contributed by atoms with van der Waals surface area (Å²) in [6, 6.07) is 56.7.